The second-order valence-corrected chi connectivity index (χ2v) is 6.49. The maximum Gasteiger partial charge on any atom is 0.255 e. The Morgan fingerprint density at radius 1 is 1.18 bits per heavy atom. The van der Waals surface area contributed by atoms with Gasteiger partial charge in [-0.05, 0) is 50.2 Å². The Bertz CT molecular complexity index is 507. The zero-order valence-electron chi connectivity index (χ0n) is 13.0. The van der Waals surface area contributed by atoms with Crippen LogP contribution in [-0.2, 0) is 0 Å². The molecule has 0 heterocycles. The maximum absolute atomic E-state index is 12.4. The smallest absolute Gasteiger partial charge is 0.255 e. The molecule has 22 heavy (non-hydrogen) atoms. The summed E-state index contributed by atoms with van der Waals surface area (Å²) in [6.07, 6.45) is 7.65. The second kappa shape index (κ2) is 7.14. The summed E-state index contributed by atoms with van der Waals surface area (Å²) < 4.78 is 5.89. The second-order valence-electron chi connectivity index (χ2n) is 6.49. The fourth-order valence-electron chi connectivity index (χ4n) is 3.23. The van der Waals surface area contributed by atoms with Gasteiger partial charge in [-0.1, -0.05) is 25.0 Å². The minimum atomic E-state index is -0.439. The van der Waals surface area contributed by atoms with Crippen LogP contribution in [0.4, 0.5) is 0 Å². The third-order valence-electron chi connectivity index (χ3n) is 4.89. The van der Waals surface area contributed by atoms with Gasteiger partial charge in [-0.25, -0.2) is 0 Å². The Labute approximate surface area is 131 Å². The number of benzene rings is 1. The van der Waals surface area contributed by atoms with E-state index in [4.69, 9.17) is 4.74 Å². The molecule has 1 unspecified atom stereocenters. The molecule has 2 aliphatic carbocycles. The van der Waals surface area contributed by atoms with Crippen LogP contribution in [0.15, 0.2) is 24.3 Å². The first kappa shape index (κ1) is 15.3. The standard InChI is InChI=1S/C18H25NO3/c20-16(13-6-1-2-7-13)12-19-18(21)15-10-3-4-11-17(15)22-14-8-5-9-14/h3-4,10-11,13-14,16,20H,1-2,5-9,12H2,(H,19,21). The van der Waals surface area contributed by atoms with Crippen LogP contribution in [0.3, 0.4) is 0 Å². The molecule has 0 aliphatic heterocycles. The lowest BCUT2D eigenvalue weighted by atomic mass is 9.96. The van der Waals surface area contributed by atoms with Gasteiger partial charge < -0.3 is 15.2 Å². The van der Waals surface area contributed by atoms with Crippen LogP contribution in [0.5, 0.6) is 5.75 Å². The van der Waals surface area contributed by atoms with E-state index in [-0.39, 0.29) is 12.0 Å². The van der Waals surface area contributed by atoms with E-state index in [1.807, 2.05) is 18.2 Å². The quantitative estimate of drug-likeness (QED) is 0.849. The van der Waals surface area contributed by atoms with Crippen molar-refractivity contribution in [3.05, 3.63) is 29.8 Å². The van der Waals surface area contributed by atoms with Crippen molar-refractivity contribution in [2.75, 3.05) is 6.54 Å². The van der Waals surface area contributed by atoms with E-state index in [2.05, 4.69) is 5.32 Å². The Hall–Kier alpha value is -1.55. The molecule has 4 heteroatoms. The fraction of sp³-hybridized carbons (Fsp3) is 0.611. The van der Waals surface area contributed by atoms with Crippen molar-refractivity contribution in [1.29, 1.82) is 0 Å². The molecule has 1 amide bonds. The maximum atomic E-state index is 12.4. The number of aliphatic hydroxyl groups excluding tert-OH is 1. The predicted octanol–water partition coefficient (Wildman–Crippen LogP) is 2.90. The summed E-state index contributed by atoms with van der Waals surface area (Å²) in [5.41, 5.74) is 0.563. The van der Waals surface area contributed by atoms with E-state index >= 15 is 0 Å². The molecule has 0 saturated heterocycles. The molecule has 4 nitrogen and oxygen atoms in total. The summed E-state index contributed by atoms with van der Waals surface area (Å²) in [6.45, 7) is 0.321. The highest BCUT2D eigenvalue weighted by Gasteiger charge is 2.25. The monoisotopic (exact) mass is 303 g/mol. The molecule has 1 aromatic carbocycles. The van der Waals surface area contributed by atoms with Gasteiger partial charge in [-0.15, -0.1) is 0 Å². The largest absolute Gasteiger partial charge is 0.490 e. The van der Waals surface area contributed by atoms with Crippen molar-refractivity contribution < 1.29 is 14.6 Å². The van der Waals surface area contributed by atoms with Crippen LogP contribution in [0.25, 0.3) is 0 Å². The van der Waals surface area contributed by atoms with Gasteiger partial charge in [0, 0.05) is 6.54 Å². The van der Waals surface area contributed by atoms with E-state index in [0.717, 1.165) is 25.7 Å². The van der Waals surface area contributed by atoms with Gasteiger partial charge in [0.1, 0.15) is 5.75 Å². The lowest BCUT2D eigenvalue weighted by Gasteiger charge is -2.27. The molecule has 2 N–H and O–H groups in total. The number of amides is 1. The summed E-state index contributed by atoms with van der Waals surface area (Å²) in [7, 11) is 0. The molecular formula is C18H25NO3. The molecular weight excluding hydrogens is 278 g/mol. The lowest BCUT2D eigenvalue weighted by Crippen LogP contribution is -2.36. The van der Waals surface area contributed by atoms with Crippen molar-refractivity contribution in [2.24, 2.45) is 5.92 Å². The summed E-state index contributed by atoms with van der Waals surface area (Å²) in [6, 6.07) is 7.36. The predicted molar refractivity (Wildman–Crippen MR) is 85.0 cm³/mol. The normalized spacial score (nSPS) is 20.4. The van der Waals surface area contributed by atoms with Gasteiger partial charge in [-0.3, -0.25) is 4.79 Å². The summed E-state index contributed by atoms with van der Waals surface area (Å²) >= 11 is 0. The third-order valence-corrected chi connectivity index (χ3v) is 4.89. The van der Waals surface area contributed by atoms with Crippen LogP contribution in [-0.4, -0.2) is 29.8 Å². The molecule has 3 rings (SSSR count). The highest BCUT2D eigenvalue weighted by molar-refractivity contribution is 5.96. The van der Waals surface area contributed by atoms with Gasteiger partial charge in [0.15, 0.2) is 0 Å². The molecule has 0 radical (unpaired) electrons. The number of carbonyl (C=O) groups excluding carboxylic acids is 1. The summed E-state index contributed by atoms with van der Waals surface area (Å²) in [5.74, 6) is 0.828. The molecule has 2 aliphatic rings. The van der Waals surface area contributed by atoms with E-state index in [0.29, 0.717) is 23.8 Å². The van der Waals surface area contributed by atoms with Gasteiger partial charge in [0.2, 0.25) is 0 Å². The van der Waals surface area contributed by atoms with Crippen LogP contribution < -0.4 is 10.1 Å². The molecule has 2 saturated carbocycles. The molecule has 120 valence electrons. The highest BCUT2D eigenvalue weighted by Crippen LogP contribution is 2.28. The highest BCUT2D eigenvalue weighted by atomic mass is 16.5. The zero-order chi connectivity index (χ0) is 15.4. The van der Waals surface area contributed by atoms with Crippen LogP contribution in [0.1, 0.15) is 55.3 Å². The Morgan fingerprint density at radius 3 is 2.59 bits per heavy atom. The first-order valence-electron chi connectivity index (χ1n) is 8.46. The van der Waals surface area contributed by atoms with Crippen LogP contribution >= 0.6 is 0 Å². The Kier molecular flexibility index (Phi) is 4.98. The number of carbonyl (C=O) groups is 1. The molecule has 0 aromatic heterocycles. The van der Waals surface area contributed by atoms with Crippen LogP contribution in [0.2, 0.25) is 0 Å². The van der Waals surface area contributed by atoms with Gasteiger partial charge in [0.25, 0.3) is 5.91 Å². The number of para-hydroxylation sites is 1. The number of hydrogen-bond acceptors (Lipinski definition) is 3. The van der Waals surface area contributed by atoms with E-state index in [1.165, 1.54) is 19.3 Å². The number of ether oxygens (including phenoxy) is 1. The number of rotatable bonds is 6. The molecule has 0 bridgehead atoms. The van der Waals surface area contributed by atoms with Crippen molar-refractivity contribution in [1.82, 2.24) is 5.32 Å². The van der Waals surface area contributed by atoms with E-state index < -0.39 is 6.10 Å². The first-order chi connectivity index (χ1) is 10.7. The number of aliphatic hydroxyl groups is 1. The Balaban J connectivity index is 1.56. The van der Waals surface area contributed by atoms with Crippen molar-refractivity contribution in [3.8, 4) is 5.75 Å². The minimum Gasteiger partial charge on any atom is -0.490 e. The first-order valence-corrected chi connectivity index (χ1v) is 8.46. The van der Waals surface area contributed by atoms with Crippen LogP contribution in [0, 0.1) is 5.92 Å². The van der Waals surface area contributed by atoms with Gasteiger partial charge in [-0.2, -0.15) is 0 Å². The molecule has 1 aromatic rings. The molecule has 0 spiro atoms. The zero-order valence-corrected chi connectivity index (χ0v) is 13.0. The third kappa shape index (κ3) is 3.61. The van der Waals surface area contributed by atoms with Crippen molar-refractivity contribution in [3.63, 3.8) is 0 Å². The average molecular weight is 303 g/mol. The molecule has 2 fully saturated rings. The number of hydrogen-bond donors (Lipinski definition) is 2. The summed E-state index contributed by atoms with van der Waals surface area (Å²) in [5, 5.41) is 13.0. The average Bonchev–Trinajstić information content (AvgIpc) is 3.03. The molecule has 1 atom stereocenters. The van der Waals surface area contributed by atoms with E-state index in [9.17, 15) is 9.90 Å². The van der Waals surface area contributed by atoms with Gasteiger partial charge >= 0.3 is 0 Å². The summed E-state index contributed by atoms with van der Waals surface area (Å²) in [4.78, 5) is 12.4. The SMILES string of the molecule is O=C(NCC(O)C1CCCC1)c1ccccc1OC1CCC1. The van der Waals surface area contributed by atoms with Gasteiger partial charge in [0.05, 0.1) is 17.8 Å². The number of nitrogens with one attached hydrogen (secondary N) is 1. The minimum absolute atomic E-state index is 0.160. The lowest BCUT2D eigenvalue weighted by molar-refractivity contribution is 0.0825. The Morgan fingerprint density at radius 2 is 1.91 bits per heavy atom. The van der Waals surface area contributed by atoms with Crippen molar-refractivity contribution in [2.45, 2.75) is 57.2 Å². The van der Waals surface area contributed by atoms with E-state index in [1.54, 1.807) is 6.07 Å². The topological polar surface area (TPSA) is 58.6 Å². The van der Waals surface area contributed by atoms with Crippen molar-refractivity contribution >= 4 is 5.91 Å². The fourth-order valence-corrected chi connectivity index (χ4v) is 3.23.